The number of carboxylic acids is 1. The Hall–Kier alpha value is -3.25. The van der Waals surface area contributed by atoms with E-state index in [0.29, 0.717) is 11.5 Å². The summed E-state index contributed by atoms with van der Waals surface area (Å²) in [5.41, 5.74) is -0.929. The lowest BCUT2D eigenvalue weighted by atomic mass is 10.3. The SMILES string of the molecule is COc1ccc(OC[C@@H](O)Cn2c(SCC(=O)O)nc3c2c(=O)n(C)c(=O)n3C)cc1. The molecule has 0 bridgehead atoms. The van der Waals surface area contributed by atoms with E-state index in [-0.39, 0.29) is 35.2 Å². The minimum Gasteiger partial charge on any atom is -0.497 e. The van der Waals surface area contributed by atoms with Crippen LogP contribution in [0.1, 0.15) is 0 Å². The Labute approximate surface area is 180 Å². The van der Waals surface area contributed by atoms with Gasteiger partial charge in [-0.2, -0.15) is 0 Å². The minimum atomic E-state index is -1.06. The highest BCUT2D eigenvalue weighted by Gasteiger charge is 2.22. The third kappa shape index (κ3) is 4.75. The first-order valence-electron chi connectivity index (χ1n) is 9.18. The van der Waals surface area contributed by atoms with Crippen LogP contribution < -0.4 is 20.7 Å². The quantitative estimate of drug-likeness (QED) is 0.433. The third-order valence-corrected chi connectivity index (χ3v) is 5.49. The van der Waals surface area contributed by atoms with Crippen molar-refractivity contribution in [1.29, 1.82) is 0 Å². The number of imidazole rings is 1. The number of aryl methyl sites for hydroxylation is 1. The first-order valence-corrected chi connectivity index (χ1v) is 10.2. The molecule has 166 valence electrons. The Morgan fingerprint density at radius 1 is 1.16 bits per heavy atom. The molecule has 2 aromatic heterocycles. The monoisotopic (exact) mass is 450 g/mol. The van der Waals surface area contributed by atoms with E-state index in [9.17, 15) is 19.5 Å². The molecule has 3 aromatic rings. The fraction of sp³-hybridized carbons (Fsp3) is 0.368. The summed E-state index contributed by atoms with van der Waals surface area (Å²) in [5.74, 6) is -0.169. The molecule has 1 atom stereocenters. The number of aromatic nitrogens is 4. The molecule has 0 saturated carbocycles. The number of aliphatic hydroxyl groups is 1. The van der Waals surface area contributed by atoms with Gasteiger partial charge in [0.15, 0.2) is 16.3 Å². The molecule has 0 aliphatic carbocycles. The van der Waals surface area contributed by atoms with E-state index in [1.165, 1.54) is 23.2 Å². The number of carboxylic acid groups (broad SMARTS) is 1. The standard InChI is InChI=1S/C19H22N4O7S/c1-21-16-15(17(27)22(2)19(21)28)23(18(20-16)31-10-14(25)26)8-11(24)9-30-13-6-4-12(29-3)5-7-13/h4-7,11,24H,8-10H2,1-3H3,(H,25,26)/t11-/m0/s1. The summed E-state index contributed by atoms with van der Waals surface area (Å²) in [6.45, 7) is -0.164. The molecule has 1 aromatic carbocycles. The van der Waals surface area contributed by atoms with Gasteiger partial charge in [-0.1, -0.05) is 11.8 Å². The van der Waals surface area contributed by atoms with Crippen molar-refractivity contribution >= 4 is 28.9 Å². The molecule has 3 rings (SSSR count). The highest BCUT2D eigenvalue weighted by Crippen LogP contribution is 2.22. The van der Waals surface area contributed by atoms with Crippen LogP contribution >= 0.6 is 11.8 Å². The van der Waals surface area contributed by atoms with E-state index in [4.69, 9.17) is 14.6 Å². The number of thioether (sulfide) groups is 1. The molecule has 0 fully saturated rings. The van der Waals surface area contributed by atoms with Gasteiger partial charge in [0.2, 0.25) is 0 Å². The van der Waals surface area contributed by atoms with E-state index < -0.39 is 23.3 Å². The van der Waals surface area contributed by atoms with Crippen LogP contribution in [0, 0.1) is 0 Å². The van der Waals surface area contributed by atoms with Crippen molar-refractivity contribution < 1.29 is 24.5 Å². The molecule has 31 heavy (non-hydrogen) atoms. The van der Waals surface area contributed by atoms with Crippen LogP contribution in [0.5, 0.6) is 11.5 Å². The maximum absolute atomic E-state index is 12.7. The van der Waals surface area contributed by atoms with E-state index in [0.717, 1.165) is 16.3 Å². The Morgan fingerprint density at radius 2 is 1.81 bits per heavy atom. The second-order valence-electron chi connectivity index (χ2n) is 6.71. The zero-order valence-corrected chi connectivity index (χ0v) is 18.0. The number of benzene rings is 1. The number of hydrogen-bond acceptors (Lipinski definition) is 8. The van der Waals surface area contributed by atoms with E-state index in [1.54, 1.807) is 31.4 Å². The number of hydrogen-bond donors (Lipinski definition) is 2. The van der Waals surface area contributed by atoms with Gasteiger partial charge in [0, 0.05) is 14.1 Å². The van der Waals surface area contributed by atoms with Crippen molar-refractivity contribution in [2.75, 3.05) is 19.5 Å². The van der Waals surface area contributed by atoms with E-state index >= 15 is 0 Å². The maximum Gasteiger partial charge on any atom is 0.332 e. The molecule has 0 aliphatic heterocycles. The molecule has 0 unspecified atom stereocenters. The topological polar surface area (TPSA) is 138 Å². The predicted molar refractivity (Wildman–Crippen MR) is 113 cm³/mol. The van der Waals surface area contributed by atoms with E-state index in [1.807, 2.05) is 0 Å². The number of rotatable bonds is 9. The van der Waals surface area contributed by atoms with Gasteiger partial charge in [-0.05, 0) is 24.3 Å². The molecule has 0 aliphatic rings. The molecule has 2 heterocycles. The number of nitrogens with zero attached hydrogens (tertiary/aromatic N) is 4. The predicted octanol–water partition coefficient (Wildman–Crippen LogP) is 0.0589. The van der Waals surface area contributed by atoms with Crippen LogP contribution in [0.15, 0.2) is 39.0 Å². The maximum atomic E-state index is 12.7. The highest BCUT2D eigenvalue weighted by molar-refractivity contribution is 7.99. The van der Waals surface area contributed by atoms with Gasteiger partial charge in [0.1, 0.15) is 24.2 Å². The lowest BCUT2D eigenvalue weighted by Crippen LogP contribution is -2.38. The van der Waals surface area contributed by atoms with Gasteiger partial charge in [0.05, 0.1) is 19.4 Å². The second kappa shape index (κ2) is 9.27. The fourth-order valence-electron chi connectivity index (χ4n) is 2.96. The summed E-state index contributed by atoms with van der Waals surface area (Å²) < 4.78 is 14.2. The lowest BCUT2D eigenvalue weighted by Gasteiger charge is -2.15. The number of fused-ring (bicyclic) bond motifs is 1. The normalized spacial score (nSPS) is 12.1. The second-order valence-corrected chi connectivity index (χ2v) is 7.65. The summed E-state index contributed by atoms with van der Waals surface area (Å²) in [7, 11) is 4.36. The molecular weight excluding hydrogens is 428 g/mol. The molecule has 0 radical (unpaired) electrons. The smallest absolute Gasteiger partial charge is 0.332 e. The van der Waals surface area contributed by atoms with Crippen molar-refractivity contribution in [2.24, 2.45) is 14.1 Å². The Morgan fingerprint density at radius 3 is 2.42 bits per heavy atom. The largest absolute Gasteiger partial charge is 0.497 e. The van der Waals surface area contributed by atoms with Gasteiger partial charge in [-0.25, -0.2) is 9.78 Å². The fourth-order valence-corrected chi connectivity index (χ4v) is 3.69. The average molecular weight is 450 g/mol. The molecule has 2 N–H and O–H groups in total. The molecule has 11 nitrogen and oxygen atoms in total. The number of aliphatic hydroxyl groups excluding tert-OH is 1. The van der Waals surface area contributed by atoms with Crippen LogP contribution in [0.2, 0.25) is 0 Å². The number of ether oxygens (including phenoxy) is 2. The zero-order valence-electron chi connectivity index (χ0n) is 17.1. The van der Waals surface area contributed by atoms with Gasteiger partial charge in [0.25, 0.3) is 5.56 Å². The van der Waals surface area contributed by atoms with Gasteiger partial charge >= 0.3 is 11.7 Å². The molecular formula is C19H22N4O7S. The summed E-state index contributed by atoms with van der Waals surface area (Å²) in [5, 5.41) is 19.7. The number of methoxy groups -OCH3 is 1. The zero-order chi connectivity index (χ0) is 22.7. The summed E-state index contributed by atoms with van der Waals surface area (Å²) in [4.78, 5) is 40.2. The lowest BCUT2D eigenvalue weighted by molar-refractivity contribution is -0.133. The first kappa shape index (κ1) is 22.4. The van der Waals surface area contributed by atoms with Crippen LogP contribution in [0.3, 0.4) is 0 Å². The summed E-state index contributed by atoms with van der Waals surface area (Å²) >= 11 is 0.894. The van der Waals surface area contributed by atoms with Crippen LogP contribution in [0.25, 0.3) is 11.2 Å². The van der Waals surface area contributed by atoms with Crippen LogP contribution in [-0.2, 0) is 25.4 Å². The van der Waals surface area contributed by atoms with Gasteiger partial charge in [-0.3, -0.25) is 18.7 Å². The minimum absolute atomic E-state index is 0.0813. The van der Waals surface area contributed by atoms with Gasteiger partial charge < -0.3 is 24.3 Å². The van der Waals surface area contributed by atoms with Crippen LogP contribution in [0.4, 0.5) is 0 Å². The molecule has 0 amide bonds. The Balaban J connectivity index is 1.90. The molecule has 0 saturated heterocycles. The summed E-state index contributed by atoms with van der Waals surface area (Å²) in [6.07, 6.45) is -1.04. The molecule has 12 heteroatoms. The molecule has 0 spiro atoms. The van der Waals surface area contributed by atoms with Gasteiger partial charge in [-0.15, -0.1) is 0 Å². The highest BCUT2D eigenvalue weighted by atomic mass is 32.2. The van der Waals surface area contributed by atoms with Crippen molar-refractivity contribution in [1.82, 2.24) is 18.7 Å². The third-order valence-electron chi connectivity index (χ3n) is 4.53. The number of aliphatic carboxylic acids is 1. The Bertz CT molecular complexity index is 1210. The summed E-state index contributed by atoms with van der Waals surface area (Å²) in [6, 6.07) is 6.82. The van der Waals surface area contributed by atoms with Crippen molar-refractivity contribution in [2.45, 2.75) is 17.8 Å². The van der Waals surface area contributed by atoms with Crippen molar-refractivity contribution in [3.63, 3.8) is 0 Å². The average Bonchev–Trinajstić information content (AvgIpc) is 3.11. The van der Waals surface area contributed by atoms with Crippen molar-refractivity contribution in [3.05, 3.63) is 45.1 Å². The number of carbonyl (C=O) groups is 1. The Kier molecular flexibility index (Phi) is 6.71. The first-order chi connectivity index (χ1) is 14.7. The van der Waals surface area contributed by atoms with E-state index in [2.05, 4.69) is 4.98 Å². The van der Waals surface area contributed by atoms with Crippen LogP contribution in [-0.4, -0.2) is 60.4 Å². The van der Waals surface area contributed by atoms with Crippen molar-refractivity contribution in [3.8, 4) is 11.5 Å².